The van der Waals surface area contributed by atoms with Crippen molar-refractivity contribution in [2.24, 2.45) is 0 Å². The van der Waals surface area contributed by atoms with Gasteiger partial charge < -0.3 is 10.4 Å². The molecule has 0 radical (unpaired) electrons. The van der Waals surface area contributed by atoms with Gasteiger partial charge in [-0.15, -0.1) is 0 Å². The van der Waals surface area contributed by atoms with Gasteiger partial charge in [0.05, 0.1) is 19.5 Å². The fourth-order valence-corrected chi connectivity index (χ4v) is 1.85. The zero-order valence-corrected chi connectivity index (χ0v) is 11.6. The first-order valence-corrected chi connectivity index (χ1v) is 6.58. The van der Waals surface area contributed by atoms with Gasteiger partial charge in [0.1, 0.15) is 5.69 Å². The molecule has 1 amide bonds. The second-order valence-corrected chi connectivity index (χ2v) is 4.71. The second kappa shape index (κ2) is 6.69. The standard InChI is InChI=1S/C13H17N5O3/c1-10(9-18-6-2-5-14-18)15-13(21)11-3-7-17(16-11)8-4-12(19)20/h2-3,5-7,10H,4,8-9H2,1H3,(H,15,21)(H,19,20). The Kier molecular flexibility index (Phi) is 4.70. The summed E-state index contributed by atoms with van der Waals surface area (Å²) in [6.45, 7) is 2.69. The van der Waals surface area contributed by atoms with E-state index in [0.29, 0.717) is 6.54 Å². The summed E-state index contributed by atoms with van der Waals surface area (Å²) in [6.07, 6.45) is 5.07. The molecule has 0 aromatic carbocycles. The highest BCUT2D eigenvalue weighted by Gasteiger charge is 2.13. The minimum atomic E-state index is -0.899. The number of aliphatic carboxylic acids is 1. The number of carbonyl (C=O) groups is 2. The van der Waals surface area contributed by atoms with E-state index >= 15 is 0 Å². The molecule has 8 nitrogen and oxygen atoms in total. The van der Waals surface area contributed by atoms with Crippen LogP contribution in [-0.2, 0) is 17.9 Å². The lowest BCUT2D eigenvalue weighted by Crippen LogP contribution is -2.36. The Hall–Kier alpha value is -2.64. The fourth-order valence-electron chi connectivity index (χ4n) is 1.85. The van der Waals surface area contributed by atoms with Crippen LogP contribution in [0.3, 0.4) is 0 Å². The summed E-state index contributed by atoms with van der Waals surface area (Å²) in [5.41, 5.74) is 0.271. The maximum absolute atomic E-state index is 12.0. The van der Waals surface area contributed by atoms with E-state index in [-0.39, 0.29) is 30.6 Å². The molecule has 1 unspecified atom stereocenters. The highest BCUT2D eigenvalue weighted by atomic mass is 16.4. The molecule has 0 fully saturated rings. The van der Waals surface area contributed by atoms with Gasteiger partial charge in [0.25, 0.3) is 5.91 Å². The van der Waals surface area contributed by atoms with Gasteiger partial charge in [-0.3, -0.25) is 19.0 Å². The summed E-state index contributed by atoms with van der Waals surface area (Å²) in [4.78, 5) is 22.5. The van der Waals surface area contributed by atoms with Crippen LogP contribution in [0.4, 0.5) is 0 Å². The summed E-state index contributed by atoms with van der Waals surface area (Å²) in [6, 6.07) is 3.29. The highest BCUT2D eigenvalue weighted by molar-refractivity contribution is 5.92. The number of nitrogens with one attached hydrogen (secondary N) is 1. The third kappa shape index (κ3) is 4.44. The molecule has 1 atom stereocenters. The highest BCUT2D eigenvalue weighted by Crippen LogP contribution is 1.99. The third-order valence-corrected chi connectivity index (χ3v) is 2.83. The van der Waals surface area contributed by atoms with Gasteiger partial charge in [-0.25, -0.2) is 0 Å². The zero-order valence-electron chi connectivity index (χ0n) is 11.6. The van der Waals surface area contributed by atoms with Crippen LogP contribution in [0.25, 0.3) is 0 Å². The molecule has 0 saturated carbocycles. The second-order valence-electron chi connectivity index (χ2n) is 4.71. The molecule has 0 aliphatic heterocycles. The normalized spacial score (nSPS) is 12.0. The minimum absolute atomic E-state index is 0.0293. The number of amides is 1. The van der Waals surface area contributed by atoms with Crippen molar-refractivity contribution >= 4 is 11.9 Å². The summed E-state index contributed by atoms with van der Waals surface area (Å²) < 4.78 is 3.18. The van der Waals surface area contributed by atoms with Crippen molar-refractivity contribution in [1.82, 2.24) is 24.9 Å². The van der Waals surface area contributed by atoms with Crippen LogP contribution in [0.5, 0.6) is 0 Å². The van der Waals surface area contributed by atoms with Crippen LogP contribution < -0.4 is 5.32 Å². The molecule has 0 bridgehead atoms. The maximum atomic E-state index is 12.0. The van der Waals surface area contributed by atoms with E-state index in [1.807, 2.05) is 19.2 Å². The minimum Gasteiger partial charge on any atom is -0.481 e. The van der Waals surface area contributed by atoms with Crippen LogP contribution in [0.2, 0.25) is 0 Å². The molecule has 8 heteroatoms. The van der Waals surface area contributed by atoms with Crippen molar-refractivity contribution in [3.63, 3.8) is 0 Å². The maximum Gasteiger partial charge on any atom is 0.305 e. The van der Waals surface area contributed by atoms with E-state index in [4.69, 9.17) is 5.11 Å². The van der Waals surface area contributed by atoms with E-state index in [9.17, 15) is 9.59 Å². The van der Waals surface area contributed by atoms with Crippen LogP contribution in [0.1, 0.15) is 23.8 Å². The summed E-state index contributed by atoms with van der Waals surface area (Å²) in [5, 5.41) is 19.5. The molecule has 2 aromatic heterocycles. The van der Waals surface area contributed by atoms with Crippen molar-refractivity contribution in [3.8, 4) is 0 Å². The van der Waals surface area contributed by atoms with Gasteiger partial charge in [-0.05, 0) is 19.1 Å². The SMILES string of the molecule is CC(Cn1cccn1)NC(=O)c1ccn(CCC(=O)O)n1. The lowest BCUT2D eigenvalue weighted by Gasteiger charge is -2.12. The summed E-state index contributed by atoms with van der Waals surface area (Å²) >= 11 is 0. The topological polar surface area (TPSA) is 102 Å². The largest absolute Gasteiger partial charge is 0.481 e. The number of carboxylic acids is 1. The lowest BCUT2D eigenvalue weighted by molar-refractivity contribution is -0.137. The Morgan fingerprint density at radius 2 is 2.19 bits per heavy atom. The molecule has 0 aliphatic carbocycles. The number of carbonyl (C=O) groups excluding carboxylic acids is 1. The Bertz CT molecular complexity index is 605. The van der Waals surface area contributed by atoms with E-state index in [1.54, 1.807) is 23.1 Å². The zero-order chi connectivity index (χ0) is 15.2. The van der Waals surface area contributed by atoms with Crippen LogP contribution in [-0.4, -0.2) is 42.6 Å². The average molecular weight is 291 g/mol. The Morgan fingerprint density at radius 1 is 1.38 bits per heavy atom. The van der Waals surface area contributed by atoms with E-state index in [2.05, 4.69) is 15.5 Å². The average Bonchev–Trinajstić information content (AvgIpc) is 3.06. The molecular weight excluding hydrogens is 274 g/mol. The number of rotatable bonds is 7. The van der Waals surface area contributed by atoms with Gasteiger partial charge in [-0.1, -0.05) is 0 Å². The number of aryl methyl sites for hydroxylation is 1. The fraction of sp³-hybridized carbons (Fsp3) is 0.385. The monoisotopic (exact) mass is 291 g/mol. The van der Waals surface area contributed by atoms with Crippen molar-refractivity contribution in [2.75, 3.05) is 0 Å². The van der Waals surface area contributed by atoms with Gasteiger partial charge in [-0.2, -0.15) is 10.2 Å². The molecule has 112 valence electrons. The molecule has 2 aromatic rings. The Morgan fingerprint density at radius 3 is 2.86 bits per heavy atom. The number of hydrogen-bond acceptors (Lipinski definition) is 4. The summed E-state index contributed by atoms with van der Waals surface area (Å²) in [7, 11) is 0. The smallest absolute Gasteiger partial charge is 0.305 e. The van der Waals surface area contributed by atoms with Crippen molar-refractivity contribution < 1.29 is 14.7 Å². The number of aromatic nitrogens is 4. The first kappa shape index (κ1) is 14.8. The van der Waals surface area contributed by atoms with Gasteiger partial charge >= 0.3 is 5.97 Å². The molecule has 2 N–H and O–H groups in total. The first-order valence-electron chi connectivity index (χ1n) is 6.58. The number of nitrogens with zero attached hydrogens (tertiary/aromatic N) is 4. The van der Waals surface area contributed by atoms with Crippen LogP contribution in [0.15, 0.2) is 30.7 Å². The number of hydrogen-bond donors (Lipinski definition) is 2. The van der Waals surface area contributed by atoms with Gasteiger partial charge in [0.2, 0.25) is 0 Å². The quantitative estimate of drug-likeness (QED) is 0.767. The van der Waals surface area contributed by atoms with E-state index in [0.717, 1.165) is 0 Å². The van der Waals surface area contributed by atoms with E-state index < -0.39 is 5.97 Å². The molecule has 2 rings (SSSR count). The van der Waals surface area contributed by atoms with Crippen molar-refractivity contribution in [1.29, 1.82) is 0 Å². The third-order valence-electron chi connectivity index (χ3n) is 2.83. The lowest BCUT2D eigenvalue weighted by atomic mass is 10.3. The van der Waals surface area contributed by atoms with Crippen LogP contribution in [0, 0.1) is 0 Å². The molecule has 0 aliphatic rings. The molecule has 0 saturated heterocycles. The van der Waals surface area contributed by atoms with Crippen LogP contribution >= 0.6 is 0 Å². The van der Waals surface area contributed by atoms with Gasteiger partial charge in [0.15, 0.2) is 0 Å². The molecule has 0 spiro atoms. The molecule has 21 heavy (non-hydrogen) atoms. The van der Waals surface area contributed by atoms with E-state index in [1.165, 1.54) is 4.68 Å². The van der Waals surface area contributed by atoms with Crippen molar-refractivity contribution in [3.05, 3.63) is 36.4 Å². The predicted octanol–water partition coefficient (Wildman–Crippen LogP) is 0.373. The molecule has 2 heterocycles. The first-order chi connectivity index (χ1) is 10.0. The Labute approximate surface area is 121 Å². The predicted molar refractivity (Wildman–Crippen MR) is 73.6 cm³/mol. The van der Waals surface area contributed by atoms with Crippen molar-refractivity contribution in [2.45, 2.75) is 32.5 Å². The summed E-state index contributed by atoms with van der Waals surface area (Å²) in [5.74, 6) is -1.19. The molecular formula is C13H17N5O3. The Balaban J connectivity index is 1.86. The van der Waals surface area contributed by atoms with Gasteiger partial charge in [0, 0.05) is 24.6 Å². The number of carboxylic acid groups (broad SMARTS) is 1.